The molecule has 1 aromatic heterocycles. The van der Waals surface area contributed by atoms with Crippen molar-refractivity contribution in [1.29, 1.82) is 0 Å². The normalized spacial score (nSPS) is 15.6. The van der Waals surface area contributed by atoms with E-state index in [9.17, 15) is 0 Å². The number of hydrogen-bond acceptors (Lipinski definition) is 7. The van der Waals surface area contributed by atoms with Gasteiger partial charge in [-0.05, 0) is 68.6 Å². The maximum absolute atomic E-state index is 8.58. The zero-order chi connectivity index (χ0) is 33.7. The Morgan fingerprint density at radius 3 is 2.35 bits per heavy atom. The Balaban J connectivity index is 0.00000139. The van der Waals surface area contributed by atoms with Gasteiger partial charge < -0.3 is 16.8 Å². The number of benzene rings is 2. The highest BCUT2D eigenvalue weighted by Crippen LogP contribution is 2.32. The number of aromatic nitrogens is 2. The predicted molar refractivity (Wildman–Crippen MR) is 196 cm³/mol. The summed E-state index contributed by atoms with van der Waals surface area (Å²) in [6.45, 7) is 13.4. The van der Waals surface area contributed by atoms with E-state index >= 15 is 0 Å². The number of unbranched alkanes of at least 4 members (excludes halogenated alkanes) is 1. The Bertz CT molecular complexity index is 1390. The molecule has 3 aromatic rings. The molecule has 1 saturated heterocycles. The van der Waals surface area contributed by atoms with E-state index in [1.807, 2.05) is 51.1 Å². The molecule has 1 aliphatic heterocycles. The summed E-state index contributed by atoms with van der Waals surface area (Å²) in [5.41, 5.74) is 14.8. The van der Waals surface area contributed by atoms with Gasteiger partial charge in [-0.3, -0.25) is 14.6 Å². The molecular formula is C36H51Cl2N7O. The lowest BCUT2D eigenvalue weighted by Gasteiger charge is -2.40. The average molecular weight is 669 g/mol. The zero-order valence-electron chi connectivity index (χ0n) is 27.7. The van der Waals surface area contributed by atoms with Crippen LogP contribution in [-0.2, 0) is 11.3 Å². The number of nitrogens with one attached hydrogen (secondary N) is 1. The molecular weight excluding hydrogens is 617 g/mol. The minimum Gasteiger partial charge on any atom is -0.372 e. The van der Waals surface area contributed by atoms with Gasteiger partial charge in [0.15, 0.2) is 0 Å². The minimum absolute atomic E-state index is 0.104. The number of anilines is 1. The number of primary amides is 1. The third kappa shape index (κ3) is 12.5. The standard InChI is InChI=1S/C33H42Cl2N6.C2H6.CH3NO/c1-3-9-26(11-8-18-34)32(27-14-16-28(35)17-15-27)41-22-20-40(21-23-41)24-31-38-30-13-5-4-12-29(30)33(39-31)37-25(2)10-6-7-19-36;1-2;2-1-3/h3-5,8-9,11-18,25,32H,6-7,10,19-24,36H2,1-2H3,(H,37,38,39);1-2H3;1H,(H2,2,3)/b9-3-,18-8+,26-11+;;. The second kappa shape index (κ2) is 22.3. The van der Waals surface area contributed by atoms with Crippen LogP contribution in [0.1, 0.15) is 64.4 Å². The second-order valence-electron chi connectivity index (χ2n) is 10.7. The molecule has 1 fully saturated rings. The van der Waals surface area contributed by atoms with Crippen molar-refractivity contribution in [3.8, 4) is 0 Å². The summed E-state index contributed by atoms with van der Waals surface area (Å²) < 4.78 is 0. The van der Waals surface area contributed by atoms with E-state index in [0.29, 0.717) is 12.6 Å². The molecule has 2 unspecified atom stereocenters. The highest BCUT2D eigenvalue weighted by Gasteiger charge is 2.27. The molecule has 2 heterocycles. The number of hydrogen-bond donors (Lipinski definition) is 3. The van der Waals surface area contributed by atoms with Gasteiger partial charge in [0.2, 0.25) is 6.41 Å². The van der Waals surface area contributed by atoms with E-state index in [-0.39, 0.29) is 12.5 Å². The maximum Gasteiger partial charge on any atom is 0.204 e. The van der Waals surface area contributed by atoms with Gasteiger partial charge in [0.25, 0.3) is 0 Å². The van der Waals surface area contributed by atoms with Crippen molar-refractivity contribution in [1.82, 2.24) is 19.8 Å². The summed E-state index contributed by atoms with van der Waals surface area (Å²) in [5, 5.41) is 5.45. The highest BCUT2D eigenvalue weighted by molar-refractivity contribution is 6.30. The average Bonchev–Trinajstić information content (AvgIpc) is 3.07. The van der Waals surface area contributed by atoms with Gasteiger partial charge in [-0.2, -0.15) is 0 Å². The first kappa shape index (κ1) is 38.9. The number of carbonyl (C=O) groups excluding carboxylic acids is 1. The first-order chi connectivity index (χ1) is 22.4. The summed E-state index contributed by atoms with van der Waals surface area (Å²) in [5.74, 6) is 1.77. The van der Waals surface area contributed by atoms with E-state index in [1.165, 1.54) is 11.1 Å². The van der Waals surface area contributed by atoms with Crippen LogP contribution in [0.25, 0.3) is 10.9 Å². The van der Waals surface area contributed by atoms with Crippen LogP contribution < -0.4 is 16.8 Å². The van der Waals surface area contributed by atoms with E-state index in [2.05, 4.69) is 70.3 Å². The van der Waals surface area contributed by atoms with Crippen LogP contribution in [0.5, 0.6) is 0 Å². The van der Waals surface area contributed by atoms with Crippen LogP contribution in [0.4, 0.5) is 5.82 Å². The Labute approximate surface area is 285 Å². The van der Waals surface area contributed by atoms with Crippen LogP contribution in [0.3, 0.4) is 0 Å². The van der Waals surface area contributed by atoms with Crippen molar-refractivity contribution in [2.45, 2.75) is 65.6 Å². The van der Waals surface area contributed by atoms with E-state index < -0.39 is 0 Å². The second-order valence-corrected chi connectivity index (χ2v) is 11.4. The summed E-state index contributed by atoms with van der Waals surface area (Å²) in [6, 6.07) is 16.8. The van der Waals surface area contributed by atoms with E-state index in [0.717, 1.165) is 79.6 Å². The number of nitrogens with zero attached hydrogens (tertiary/aromatic N) is 4. The first-order valence-electron chi connectivity index (χ1n) is 16.1. The topological polar surface area (TPSA) is 113 Å². The smallest absolute Gasteiger partial charge is 0.204 e. The number of piperazine rings is 1. The van der Waals surface area contributed by atoms with Crippen molar-refractivity contribution in [2.24, 2.45) is 11.5 Å². The number of halogens is 2. The molecule has 1 amide bonds. The lowest BCUT2D eigenvalue weighted by molar-refractivity contribution is -0.106. The first-order valence-corrected chi connectivity index (χ1v) is 16.9. The largest absolute Gasteiger partial charge is 0.372 e. The molecule has 5 N–H and O–H groups in total. The molecule has 0 aliphatic carbocycles. The minimum atomic E-state index is 0.104. The number of nitrogens with two attached hydrogens (primary N) is 2. The molecule has 0 spiro atoms. The van der Waals surface area contributed by atoms with Gasteiger partial charge in [-0.15, -0.1) is 0 Å². The van der Waals surface area contributed by atoms with Crippen LogP contribution in [0.2, 0.25) is 5.02 Å². The molecule has 0 bridgehead atoms. The highest BCUT2D eigenvalue weighted by atomic mass is 35.5. The zero-order valence-corrected chi connectivity index (χ0v) is 29.2. The van der Waals surface area contributed by atoms with Crippen molar-refractivity contribution in [3.05, 3.63) is 100 Å². The van der Waals surface area contributed by atoms with Gasteiger partial charge in [-0.1, -0.05) is 92.0 Å². The van der Waals surface area contributed by atoms with Crippen molar-refractivity contribution in [2.75, 3.05) is 38.0 Å². The van der Waals surface area contributed by atoms with Crippen LogP contribution >= 0.6 is 23.2 Å². The summed E-state index contributed by atoms with van der Waals surface area (Å²) in [6.07, 6.45) is 11.7. The third-order valence-corrected chi connectivity index (χ3v) is 7.88. The summed E-state index contributed by atoms with van der Waals surface area (Å²) in [4.78, 5) is 23.5. The van der Waals surface area contributed by atoms with Crippen molar-refractivity contribution < 1.29 is 4.79 Å². The Kier molecular flexibility index (Phi) is 18.9. The molecule has 10 heteroatoms. The Hall–Kier alpha value is -3.27. The van der Waals surface area contributed by atoms with Crippen molar-refractivity contribution >= 4 is 46.3 Å². The molecule has 8 nitrogen and oxygen atoms in total. The van der Waals surface area contributed by atoms with Crippen LogP contribution in [0.15, 0.2) is 83.9 Å². The lowest BCUT2D eigenvalue weighted by Crippen LogP contribution is -2.47. The summed E-state index contributed by atoms with van der Waals surface area (Å²) >= 11 is 12.1. The fraction of sp³-hybridized carbons (Fsp3) is 0.417. The van der Waals surface area contributed by atoms with E-state index in [4.69, 9.17) is 43.7 Å². The summed E-state index contributed by atoms with van der Waals surface area (Å²) in [7, 11) is 0. The molecule has 2 aromatic carbocycles. The van der Waals surface area contributed by atoms with Gasteiger partial charge in [0.1, 0.15) is 11.6 Å². The fourth-order valence-electron chi connectivity index (χ4n) is 5.42. The Morgan fingerprint density at radius 1 is 1.04 bits per heavy atom. The van der Waals surface area contributed by atoms with E-state index in [1.54, 1.807) is 5.54 Å². The lowest BCUT2D eigenvalue weighted by atomic mass is 9.95. The predicted octanol–water partition coefficient (Wildman–Crippen LogP) is 7.45. The van der Waals surface area contributed by atoms with Gasteiger partial charge in [0, 0.05) is 48.2 Å². The number of amides is 1. The van der Waals surface area contributed by atoms with Crippen LogP contribution in [-0.4, -0.2) is 64.9 Å². The number of allylic oxidation sites excluding steroid dienone is 3. The monoisotopic (exact) mass is 667 g/mol. The quantitative estimate of drug-likeness (QED) is 0.0985. The maximum atomic E-state index is 8.58. The van der Waals surface area contributed by atoms with Gasteiger partial charge in [0.05, 0.1) is 18.1 Å². The number of rotatable bonds is 13. The third-order valence-electron chi connectivity index (χ3n) is 7.48. The number of fused-ring (bicyclic) bond motifs is 1. The molecule has 46 heavy (non-hydrogen) atoms. The van der Waals surface area contributed by atoms with Gasteiger partial charge >= 0.3 is 0 Å². The molecule has 2 atom stereocenters. The van der Waals surface area contributed by atoms with Crippen LogP contribution in [0, 0.1) is 0 Å². The molecule has 250 valence electrons. The molecule has 4 rings (SSSR count). The molecule has 1 aliphatic rings. The molecule has 0 radical (unpaired) electrons. The molecule has 0 saturated carbocycles. The van der Waals surface area contributed by atoms with Gasteiger partial charge in [-0.25, -0.2) is 9.97 Å². The number of para-hydroxylation sites is 1. The Morgan fingerprint density at radius 2 is 1.72 bits per heavy atom. The fourth-order valence-corrected chi connectivity index (χ4v) is 5.62. The SMILES string of the molecule is CC.C\C=C/C(=C\C=C\Cl)C(c1ccc(Cl)cc1)N1CCN(Cc2nc(NC(C)CCCCN)c3ccccc3n2)CC1.NC=O. The van der Waals surface area contributed by atoms with Crippen molar-refractivity contribution in [3.63, 3.8) is 0 Å². The number of carbonyl (C=O) groups is 1.